The number of nitrogens with zero attached hydrogens (tertiary/aromatic N) is 1. The van der Waals surface area contributed by atoms with Crippen LogP contribution in [0.1, 0.15) is 18.5 Å². The molecule has 0 bridgehead atoms. The summed E-state index contributed by atoms with van der Waals surface area (Å²) in [6.45, 7) is 5.23. The summed E-state index contributed by atoms with van der Waals surface area (Å²) in [6, 6.07) is 15.1. The molecular formula is C21H26FN4O2+. The van der Waals surface area contributed by atoms with E-state index in [1.54, 1.807) is 19.1 Å². The summed E-state index contributed by atoms with van der Waals surface area (Å²) in [5, 5.41) is 5.06. The molecule has 148 valence electrons. The van der Waals surface area contributed by atoms with Crippen LogP contribution in [-0.4, -0.2) is 44.7 Å². The molecule has 1 aliphatic rings. The normalized spacial score (nSPS) is 15.7. The van der Waals surface area contributed by atoms with Gasteiger partial charge in [0.2, 0.25) is 0 Å². The number of nitrogens with one attached hydrogen (secondary N) is 3. The maximum atomic E-state index is 13.2. The number of anilines is 1. The number of benzene rings is 2. The van der Waals surface area contributed by atoms with E-state index in [2.05, 4.69) is 15.5 Å². The van der Waals surface area contributed by atoms with Crippen LogP contribution < -0.4 is 20.4 Å². The zero-order chi connectivity index (χ0) is 19.9. The molecule has 1 saturated heterocycles. The third-order valence-electron chi connectivity index (χ3n) is 4.97. The molecule has 0 saturated carbocycles. The van der Waals surface area contributed by atoms with Crippen LogP contribution >= 0.6 is 0 Å². The molecule has 0 aromatic heterocycles. The molecule has 6 nitrogen and oxygen atoms in total. The van der Waals surface area contributed by atoms with E-state index in [0.717, 1.165) is 42.3 Å². The number of hydrogen-bond donors (Lipinski definition) is 3. The van der Waals surface area contributed by atoms with E-state index in [4.69, 9.17) is 0 Å². The number of halogens is 1. The second-order valence-corrected chi connectivity index (χ2v) is 6.81. The van der Waals surface area contributed by atoms with Crippen molar-refractivity contribution < 1.29 is 18.9 Å². The van der Waals surface area contributed by atoms with Gasteiger partial charge in [-0.2, -0.15) is 0 Å². The number of hydrogen-bond acceptors (Lipinski definition) is 3. The number of carbonyl (C=O) groups excluding carboxylic acids is 2. The Kier molecular flexibility index (Phi) is 6.60. The first kappa shape index (κ1) is 19.8. The van der Waals surface area contributed by atoms with Crippen LogP contribution in [0, 0.1) is 5.82 Å². The first-order valence-corrected chi connectivity index (χ1v) is 9.57. The van der Waals surface area contributed by atoms with Crippen LogP contribution in [-0.2, 0) is 4.79 Å². The number of quaternary nitrogens is 1. The first-order valence-electron chi connectivity index (χ1n) is 9.57. The van der Waals surface area contributed by atoms with Gasteiger partial charge in [0, 0.05) is 17.8 Å². The minimum absolute atomic E-state index is 0.251. The lowest BCUT2D eigenvalue weighted by Gasteiger charge is -2.37. The van der Waals surface area contributed by atoms with Crippen LogP contribution in [0.5, 0.6) is 0 Å². The third-order valence-corrected chi connectivity index (χ3v) is 4.97. The SMILES string of the molecule is CCNC(=O)NC(=O)[C@H](c1ccccc1)[NH+]1CCN(c2ccc(F)cc2)CC1. The minimum Gasteiger partial charge on any atom is -0.360 e. The molecular weight excluding hydrogens is 359 g/mol. The molecule has 3 rings (SSSR count). The Morgan fingerprint density at radius 2 is 1.71 bits per heavy atom. The molecule has 2 aromatic rings. The molecule has 7 heteroatoms. The molecule has 1 fully saturated rings. The Morgan fingerprint density at radius 1 is 1.07 bits per heavy atom. The second kappa shape index (κ2) is 9.32. The Balaban J connectivity index is 1.71. The van der Waals surface area contributed by atoms with Gasteiger partial charge in [-0.25, -0.2) is 9.18 Å². The molecule has 3 N–H and O–H groups in total. The Labute approximate surface area is 164 Å². The second-order valence-electron chi connectivity index (χ2n) is 6.81. The van der Waals surface area contributed by atoms with E-state index in [1.807, 2.05) is 30.3 Å². The highest BCUT2D eigenvalue weighted by molar-refractivity contribution is 5.96. The van der Waals surface area contributed by atoms with Gasteiger partial charge in [-0.05, 0) is 31.2 Å². The van der Waals surface area contributed by atoms with Gasteiger partial charge in [0.1, 0.15) is 5.82 Å². The van der Waals surface area contributed by atoms with Gasteiger partial charge in [0.25, 0.3) is 5.91 Å². The van der Waals surface area contributed by atoms with Crippen molar-refractivity contribution in [3.63, 3.8) is 0 Å². The van der Waals surface area contributed by atoms with Gasteiger partial charge in [0.15, 0.2) is 6.04 Å². The van der Waals surface area contributed by atoms with Gasteiger partial charge < -0.3 is 15.1 Å². The molecule has 28 heavy (non-hydrogen) atoms. The van der Waals surface area contributed by atoms with Crippen LogP contribution in [0.3, 0.4) is 0 Å². The van der Waals surface area contributed by atoms with E-state index in [0.29, 0.717) is 6.54 Å². The number of amides is 3. The Morgan fingerprint density at radius 3 is 2.32 bits per heavy atom. The van der Waals surface area contributed by atoms with Crippen molar-refractivity contribution in [1.29, 1.82) is 0 Å². The number of rotatable bonds is 5. The molecule has 2 aromatic carbocycles. The highest BCUT2D eigenvalue weighted by atomic mass is 19.1. The molecule has 1 aliphatic heterocycles. The van der Waals surface area contributed by atoms with Crippen molar-refractivity contribution in [1.82, 2.24) is 10.6 Å². The Hall–Kier alpha value is -2.93. The minimum atomic E-state index is -0.474. The molecule has 0 radical (unpaired) electrons. The van der Waals surface area contributed by atoms with E-state index < -0.39 is 12.1 Å². The summed E-state index contributed by atoms with van der Waals surface area (Å²) >= 11 is 0. The monoisotopic (exact) mass is 385 g/mol. The molecule has 0 aliphatic carbocycles. The zero-order valence-corrected chi connectivity index (χ0v) is 16.0. The van der Waals surface area contributed by atoms with E-state index >= 15 is 0 Å². The standard InChI is InChI=1S/C21H25FN4O2/c1-2-23-21(28)24-20(27)19(16-6-4-3-5-7-16)26-14-12-25(13-15-26)18-10-8-17(22)9-11-18/h3-11,19H,2,12-15H2,1H3,(H2,23,24,27,28)/p+1/t19-/m0/s1. The quantitative estimate of drug-likeness (QED) is 0.723. The molecule has 0 unspecified atom stereocenters. The van der Waals surface area contributed by atoms with E-state index in [1.165, 1.54) is 12.1 Å². The molecule has 1 atom stereocenters. The number of imide groups is 1. The fraction of sp³-hybridized carbons (Fsp3) is 0.333. The van der Waals surface area contributed by atoms with Crippen molar-refractivity contribution >= 4 is 17.6 Å². The first-order chi connectivity index (χ1) is 13.6. The molecule has 1 heterocycles. The number of piperazine rings is 1. The predicted octanol–water partition coefficient (Wildman–Crippen LogP) is 1.12. The summed E-state index contributed by atoms with van der Waals surface area (Å²) in [6.07, 6.45) is 0. The van der Waals surface area contributed by atoms with Crippen LogP contribution in [0.25, 0.3) is 0 Å². The van der Waals surface area contributed by atoms with E-state index in [-0.39, 0.29) is 11.7 Å². The lowest BCUT2D eigenvalue weighted by Crippen LogP contribution is -3.16. The van der Waals surface area contributed by atoms with Gasteiger partial charge >= 0.3 is 6.03 Å². The van der Waals surface area contributed by atoms with Crippen LogP contribution in [0.15, 0.2) is 54.6 Å². The smallest absolute Gasteiger partial charge is 0.321 e. The van der Waals surface area contributed by atoms with Crippen LogP contribution in [0.4, 0.5) is 14.9 Å². The lowest BCUT2D eigenvalue weighted by atomic mass is 10.0. The summed E-state index contributed by atoms with van der Waals surface area (Å²) in [5.41, 5.74) is 1.86. The zero-order valence-electron chi connectivity index (χ0n) is 16.0. The summed E-state index contributed by atoms with van der Waals surface area (Å²) in [4.78, 5) is 28.0. The lowest BCUT2D eigenvalue weighted by molar-refractivity contribution is -0.922. The predicted molar refractivity (Wildman–Crippen MR) is 106 cm³/mol. The molecule has 3 amide bonds. The average Bonchev–Trinajstić information content (AvgIpc) is 2.70. The number of urea groups is 1. The third kappa shape index (κ3) is 4.86. The number of carbonyl (C=O) groups is 2. The molecule has 0 spiro atoms. The van der Waals surface area contributed by atoms with Gasteiger partial charge in [-0.15, -0.1) is 0 Å². The van der Waals surface area contributed by atoms with Gasteiger partial charge in [-0.1, -0.05) is 30.3 Å². The van der Waals surface area contributed by atoms with Crippen molar-refractivity contribution in [2.24, 2.45) is 0 Å². The summed E-state index contributed by atoms with van der Waals surface area (Å²) < 4.78 is 13.2. The maximum absolute atomic E-state index is 13.2. The summed E-state index contributed by atoms with van der Waals surface area (Å²) in [7, 11) is 0. The maximum Gasteiger partial charge on any atom is 0.321 e. The summed E-state index contributed by atoms with van der Waals surface area (Å²) in [5.74, 6) is -0.554. The van der Waals surface area contributed by atoms with Crippen molar-refractivity contribution in [3.05, 3.63) is 66.0 Å². The fourth-order valence-electron chi connectivity index (χ4n) is 3.60. The largest absolute Gasteiger partial charge is 0.360 e. The van der Waals surface area contributed by atoms with Crippen molar-refractivity contribution in [2.45, 2.75) is 13.0 Å². The van der Waals surface area contributed by atoms with Crippen molar-refractivity contribution in [3.8, 4) is 0 Å². The Bertz CT molecular complexity index is 790. The van der Waals surface area contributed by atoms with Crippen molar-refractivity contribution in [2.75, 3.05) is 37.6 Å². The van der Waals surface area contributed by atoms with Crippen LogP contribution in [0.2, 0.25) is 0 Å². The fourth-order valence-corrected chi connectivity index (χ4v) is 3.60. The average molecular weight is 385 g/mol. The highest BCUT2D eigenvalue weighted by Crippen LogP contribution is 2.16. The van der Waals surface area contributed by atoms with E-state index in [9.17, 15) is 14.0 Å². The topological polar surface area (TPSA) is 65.9 Å². The van der Waals surface area contributed by atoms with Gasteiger partial charge in [-0.3, -0.25) is 10.1 Å². The highest BCUT2D eigenvalue weighted by Gasteiger charge is 2.35. The van der Waals surface area contributed by atoms with Gasteiger partial charge in [0.05, 0.1) is 26.2 Å².